The van der Waals surface area contributed by atoms with E-state index in [1.807, 2.05) is 76.0 Å². The number of hydrogen-bond acceptors (Lipinski definition) is 6. The summed E-state index contributed by atoms with van der Waals surface area (Å²) >= 11 is 0. The summed E-state index contributed by atoms with van der Waals surface area (Å²) in [6, 6.07) is 28.1. The zero-order valence-corrected chi connectivity index (χ0v) is 33.4. The molecule has 2 aromatic carbocycles. The van der Waals surface area contributed by atoms with Gasteiger partial charge in [-0.2, -0.15) is 36.5 Å². The Kier molecular flexibility index (Phi) is 14.4. The van der Waals surface area contributed by atoms with Crippen molar-refractivity contribution in [3.8, 4) is 23.0 Å². The minimum absolute atomic E-state index is 0. The molecule has 4 aromatic heterocycles. The molecule has 53 heavy (non-hydrogen) atoms. The molecule has 0 aliphatic carbocycles. The monoisotopic (exact) mass is 932 g/mol. The van der Waals surface area contributed by atoms with Crippen molar-refractivity contribution in [1.82, 2.24) is 40.3 Å². The number of nitrogens with one attached hydrogen (secondary N) is 2. The average Bonchev–Trinajstić information content (AvgIpc) is 3.81. The van der Waals surface area contributed by atoms with Gasteiger partial charge in [-0.05, 0) is 57.3 Å². The molecule has 0 radical (unpaired) electrons. The van der Waals surface area contributed by atoms with E-state index in [4.69, 9.17) is 0 Å². The number of benzene rings is 2. The van der Waals surface area contributed by atoms with Crippen molar-refractivity contribution in [3.05, 3.63) is 131 Å². The van der Waals surface area contributed by atoms with Crippen LogP contribution in [0.3, 0.4) is 0 Å². The van der Waals surface area contributed by atoms with Gasteiger partial charge in [-0.25, -0.2) is 9.97 Å². The van der Waals surface area contributed by atoms with Crippen LogP contribution in [0.1, 0.15) is 81.1 Å². The zero-order valence-electron chi connectivity index (χ0n) is 29.7. The van der Waals surface area contributed by atoms with Gasteiger partial charge in [-0.3, -0.25) is 20.2 Å². The fraction of sp³-hybridized carbons (Fsp3) is 0.297. The maximum Gasteiger partial charge on any atom is 2.00 e. The smallest absolute Gasteiger partial charge is 0.255 e. The van der Waals surface area contributed by atoms with Crippen LogP contribution in [-0.2, 0) is 43.0 Å². The molecule has 0 spiro atoms. The van der Waals surface area contributed by atoms with E-state index in [0.717, 1.165) is 11.1 Å². The average molecular weight is 931 g/mol. The molecule has 0 amide bonds. The largest absolute Gasteiger partial charge is 2.00 e. The molecule has 0 aliphatic rings. The van der Waals surface area contributed by atoms with Crippen molar-refractivity contribution in [2.45, 2.75) is 70.4 Å². The Bertz CT molecular complexity index is 1870. The number of halogens is 6. The molecule has 0 saturated carbocycles. The second kappa shape index (κ2) is 17.7. The number of rotatable bonds is 4. The van der Waals surface area contributed by atoms with E-state index in [1.165, 1.54) is 11.1 Å². The number of H-pyrrole nitrogens is 2. The molecule has 0 fully saturated rings. The van der Waals surface area contributed by atoms with Gasteiger partial charge in [0.25, 0.3) is 0 Å². The molecule has 0 saturated heterocycles. The second-order valence-electron chi connectivity index (χ2n) is 13.7. The Balaban J connectivity index is 0.000000215. The van der Waals surface area contributed by atoms with Crippen LogP contribution >= 0.6 is 9.24 Å². The zero-order chi connectivity index (χ0) is 38.3. The predicted molar refractivity (Wildman–Crippen MR) is 191 cm³/mol. The van der Waals surface area contributed by atoms with Crippen molar-refractivity contribution in [2.24, 2.45) is 0 Å². The molecule has 4 heterocycles. The summed E-state index contributed by atoms with van der Waals surface area (Å²) in [6.45, 7) is 12.0. The quantitative estimate of drug-likeness (QED) is 0.135. The van der Waals surface area contributed by atoms with Gasteiger partial charge in [0.2, 0.25) is 11.6 Å². The fourth-order valence-electron chi connectivity index (χ4n) is 4.56. The number of nitrogens with zero attached hydrogens (tertiary/aromatic N) is 6. The first-order valence-corrected chi connectivity index (χ1v) is 16.7. The number of alkyl halides is 6. The maximum atomic E-state index is 12.4. The third kappa shape index (κ3) is 12.4. The Labute approximate surface area is 319 Å². The van der Waals surface area contributed by atoms with Crippen LogP contribution in [0, 0.1) is 0 Å². The van der Waals surface area contributed by atoms with Gasteiger partial charge in [0.05, 0.1) is 0 Å². The summed E-state index contributed by atoms with van der Waals surface area (Å²) in [7, 11) is 2.89. The van der Waals surface area contributed by atoms with Crippen molar-refractivity contribution < 1.29 is 46.1 Å². The fourth-order valence-corrected chi connectivity index (χ4v) is 5.00. The molecule has 1 unspecified atom stereocenters. The summed E-state index contributed by atoms with van der Waals surface area (Å²) in [6.07, 6.45) is -5.99. The number of pyridine rings is 2. The first-order valence-electron chi connectivity index (χ1n) is 16.0. The molecule has 0 aliphatic heterocycles. The van der Waals surface area contributed by atoms with Crippen LogP contribution in [0.15, 0.2) is 97.3 Å². The molecule has 1 atom stereocenters. The molecular weight excluding hydrogens is 892 g/mol. The topological polar surface area (TPSA) is 109 Å². The Hall–Kier alpha value is -4.33. The third-order valence-corrected chi connectivity index (χ3v) is 8.31. The molecule has 280 valence electrons. The summed E-state index contributed by atoms with van der Waals surface area (Å²) in [5.74, 6) is -2.35. The normalized spacial score (nSPS) is 11.9. The maximum absolute atomic E-state index is 12.4. The van der Waals surface area contributed by atoms with Crippen LogP contribution in [0.4, 0.5) is 26.3 Å². The van der Waals surface area contributed by atoms with E-state index >= 15 is 0 Å². The first-order chi connectivity index (χ1) is 24.2. The number of hydrogen-bond donors (Lipinski definition) is 2. The van der Waals surface area contributed by atoms with Gasteiger partial charge >= 0.3 is 32.1 Å². The molecule has 8 nitrogen and oxygen atoms in total. The molecule has 0 bridgehead atoms. The molecular formula is C37H39F6N8OsP+2. The van der Waals surface area contributed by atoms with Crippen LogP contribution < -0.4 is 0 Å². The van der Waals surface area contributed by atoms with E-state index in [-0.39, 0.29) is 42.3 Å². The molecule has 6 aromatic rings. The van der Waals surface area contributed by atoms with Crippen LogP contribution in [0.2, 0.25) is 0 Å². The number of aromatic nitrogens is 8. The first kappa shape index (κ1) is 43.1. The van der Waals surface area contributed by atoms with Gasteiger partial charge in [0, 0.05) is 18.1 Å². The van der Waals surface area contributed by atoms with Gasteiger partial charge in [-0.1, -0.05) is 102 Å². The minimum Gasteiger partial charge on any atom is -0.255 e. The molecule has 16 heteroatoms. The Morgan fingerprint density at radius 1 is 0.547 bits per heavy atom. The summed E-state index contributed by atoms with van der Waals surface area (Å²) in [5, 5.41) is 10.9. The standard InChI is InChI=1S/C13H13P.2C12H13F3N4.Os/c14-13(11-7-3-1-4-8-11)12-9-5-2-6-10-12;2*1-11(2,3)7-4-5-16-8(6-7)9-17-10(19-18-9)12(13,14)15;/h1-10,13H,14H2;2*4-6H,1-3H3,(H,17,18,19);/q;;;+2. The summed E-state index contributed by atoms with van der Waals surface area (Å²) in [4.78, 5) is 14.9. The number of aromatic amines is 2. The van der Waals surface area contributed by atoms with E-state index < -0.39 is 24.0 Å². The SMILES string of the molecule is CC(C)(C)c1ccnc(-c2n[nH]c(C(F)(F)F)n2)c1.CC(C)(C)c1ccnc(-c2n[nH]c(C(F)(F)F)n2)c1.PC(c1ccccc1)c1ccccc1.[Os+2]. The van der Waals surface area contributed by atoms with Crippen molar-refractivity contribution in [1.29, 1.82) is 0 Å². The van der Waals surface area contributed by atoms with Gasteiger partial charge in [0.1, 0.15) is 11.4 Å². The Morgan fingerprint density at radius 3 is 1.17 bits per heavy atom. The predicted octanol–water partition coefficient (Wildman–Crippen LogP) is 10.0. The van der Waals surface area contributed by atoms with E-state index in [1.54, 1.807) is 24.5 Å². The Morgan fingerprint density at radius 2 is 0.887 bits per heavy atom. The summed E-state index contributed by atoms with van der Waals surface area (Å²) in [5.41, 5.74) is 5.37. The minimum atomic E-state index is -4.53. The van der Waals surface area contributed by atoms with Crippen molar-refractivity contribution >= 4 is 9.24 Å². The van der Waals surface area contributed by atoms with E-state index in [9.17, 15) is 26.3 Å². The van der Waals surface area contributed by atoms with Gasteiger partial charge < -0.3 is 0 Å². The van der Waals surface area contributed by atoms with E-state index in [2.05, 4.69) is 87.9 Å². The van der Waals surface area contributed by atoms with E-state index in [0.29, 0.717) is 17.0 Å². The van der Waals surface area contributed by atoms with Gasteiger partial charge in [0.15, 0.2) is 11.6 Å². The van der Waals surface area contributed by atoms with Crippen LogP contribution in [0.25, 0.3) is 23.0 Å². The third-order valence-electron chi connectivity index (χ3n) is 7.54. The van der Waals surface area contributed by atoms with Gasteiger partial charge in [-0.15, -0.1) is 9.24 Å². The second-order valence-corrected chi connectivity index (χ2v) is 14.3. The van der Waals surface area contributed by atoms with Crippen LogP contribution in [-0.4, -0.2) is 40.3 Å². The summed E-state index contributed by atoms with van der Waals surface area (Å²) < 4.78 is 74.6. The van der Waals surface area contributed by atoms with Crippen molar-refractivity contribution in [3.63, 3.8) is 0 Å². The van der Waals surface area contributed by atoms with Crippen LogP contribution in [0.5, 0.6) is 0 Å². The molecule has 2 N–H and O–H groups in total. The molecule has 6 rings (SSSR count). The van der Waals surface area contributed by atoms with Crippen molar-refractivity contribution in [2.75, 3.05) is 0 Å².